The number of fused-ring (bicyclic) bond motifs is 1. The molecule has 1 aliphatic rings. The van der Waals surface area contributed by atoms with Crippen molar-refractivity contribution in [3.8, 4) is 0 Å². The third-order valence-corrected chi connectivity index (χ3v) is 3.02. The van der Waals surface area contributed by atoms with Crippen LogP contribution in [0.15, 0.2) is 24.3 Å². The molecule has 2 rings (SSSR count). The number of nitrogens with one attached hydrogen (secondary N) is 2. The minimum atomic E-state index is -0.470. The van der Waals surface area contributed by atoms with Crippen molar-refractivity contribution in [3.05, 3.63) is 29.8 Å². The van der Waals surface area contributed by atoms with Gasteiger partial charge in [0.1, 0.15) is 5.60 Å². The Labute approximate surface area is 114 Å². The molecule has 0 bridgehead atoms. The molecule has 19 heavy (non-hydrogen) atoms. The Morgan fingerprint density at radius 2 is 2.05 bits per heavy atom. The van der Waals surface area contributed by atoms with Crippen LogP contribution in [0.2, 0.25) is 0 Å². The minimum absolute atomic E-state index is 0.00213. The largest absolute Gasteiger partial charge is 0.444 e. The highest BCUT2D eigenvalue weighted by Gasteiger charge is 2.26. The second kappa shape index (κ2) is 5.11. The summed E-state index contributed by atoms with van der Waals surface area (Å²) in [6.07, 6.45) is 0.498. The summed E-state index contributed by atoms with van der Waals surface area (Å²) < 4.78 is 5.32. The summed E-state index contributed by atoms with van der Waals surface area (Å²) in [5.41, 5.74) is 1.73. The van der Waals surface area contributed by atoms with Gasteiger partial charge in [0.15, 0.2) is 0 Å². The van der Waals surface area contributed by atoms with Gasteiger partial charge in [-0.25, -0.2) is 4.79 Å². The maximum absolute atomic E-state index is 11.9. The fourth-order valence-corrected chi connectivity index (χ4v) is 2.32. The van der Waals surface area contributed by atoms with Crippen LogP contribution in [0.4, 0.5) is 10.5 Å². The van der Waals surface area contributed by atoms with Crippen LogP contribution in [-0.2, 0) is 4.74 Å². The molecule has 1 aliphatic heterocycles. The van der Waals surface area contributed by atoms with Gasteiger partial charge in [0.05, 0.1) is 6.04 Å². The Balaban J connectivity index is 2.11. The van der Waals surface area contributed by atoms with Crippen molar-refractivity contribution in [2.45, 2.75) is 51.8 Å². The molecule has 104 valence electrons. The molecule has 0 saturated heterocycles. The van der Waals surface area contributed by atoms with Crippen molar-refractivity contribution in [3.63, 3.8) is 0 Å². The molecule has 1 aromatic carbocycles. The smallest absolute Gasteiger partial charge is 0.408 e. The Hall–Kier alpha value is -1.71. The van der Waals surface area contributed by atoms with Gasteiger partial charge in [-0.15, -0.1) is 0 Å². The van der Waals surface area contributed by atoms with Crippen molar-refractivity contribution < 1.29 is 9.53 Å². The number of alkyl carbamates (subject to hydrolysis) is 1. The first kappa shape index (κ1) is 13.7. The van der Waals surface area contributed by atoms with Gasteiger partial charge in [-0.3, -0.25) is 0 Å². The topological polar surface area (TPSA) is 50.4 Å². The molecular formula is C15H22N2O2. The lowest BCUT2D eigenvalue weighted by Crippen LogP contribution is -2.39. The third-order valence-electron chi connectivity index (χ3n) is 3.02. The van der Waals surface area contributed by atoms with Crippen LogP contribution < -0.4 is 10.6 Å². The number of amides is 1. The van der Waals surface area contributed by atoms with E-state index in [4.69, 9.17) is 4.74 Å². The van der Waals surface area contributed by atoms with Crippen LogP contribution in [0.25, 0.3) is 0 Å². The number of para-hydroxylation sites is 1. The summed E-state index contributed by atoms with van der Waals surface area (Å²) in [6, 6.07) is 8.39. The maximum atomic E-state index is 11.9. The van der Waals surface area contributed by atoms with Gasteiger partial charge >= 0.3 is 6.09 Å². The Bertz CT molecular complexity index is 465. The average Bonchev–Trinajstić information content (AvgIpc) is 2.25. The van der Waals surface area contributed by atoms with E-state index in [9.17, 15) is 4.79 Å². The summed E-state index contributed by atoms with van der Waals surface area (Å²) in [5, 5.41) is 6.38. The van der Waals surface area contributed by atoms with E-state index in [-0.39, 0.29) is 12.1 Å². The lowest BCUT2D eigenvalue weighted by Gasteiger charge is -2.32. The van der Waals surface area contributed by atoms with Gasteiger partial charge in [-0.2, -0.15) is 0 Å². The summed E-state index contributed by atoms with van der Waals surface area (Å²) >= 11 is 0. The molecule has 0 spiro atoms. The standard InChI is InChI=1S/C15H22N2O2/c1-10-9-13(17-14(18)19-15(2,3)4)11-7-5-6-8-12(11)16-10/h5-8,10,13,16H,9H2,1-4H3,(H,17,18). The van der Waals surface area contributed by atoms with E-state index in [1.165, 1.54) is 0 Å². The molecule has 4 heteroatoms. The zero-order valence-corrected chi connectivity index (χ0v) is 12.0. The lowest BCUT2D eigenvalue weighted by atomic mass is 9.94. The average molecular weight is 262 g/mol. The molecule has 4 nitrogen and oxygen atoms in total. The van der Waals surface area contributed by atoms with Crippen LogP contribution in [0, 0.1) is 0 Å². The number of hydrogen-bond donors (Lipinski definition) is 2. The SMILES string of the molecule is CC1CC(NC(=O)OC(C)(C)C)c2ccccc2N1. The summed E-state index contributed by atoms with van der Waals surface area (Å²) in [6.45, 7) is 7.71. The van der Waals surface area contributed by atoms with E-state index in [0.29, 0.717) is 6.04 Å². The Kier molecular flexibility index (Phi) is 3.69. The predicted molar refractivity (Wildman–Crippen MR) is 76.3 cm³/mol. The molecule has 0 fully saturated rings. The van der Waals surface area contributed by atoms with Crippen molar-refractivity contribution >= 4 is 11.8 Å². The highest BCUT2D eigenvalue weighted by molar-refractivity contribution is 5.69. The van der Waals surface area contributed by atoms with Gasteiger partial charge in [0, 0.05) is 11.7 Å². The first-order valence-corrected chi connectivity index (χ1v) is 6.70. The molecule has 0 aliphatic carbocycles. The fourth-order valence-electron chi connectivity index (χ4n) is 2.32. The van der Waals surface area contributed by atoms with Gasteiger partial charge in [0.25, 0.3) is 0 Å². The van der Waals surface area contributed by atoms with Crippen molar-refractivity contribution in [1.29, 1.82) is 0 Å². The zero-order chi connectivity index (χ0) is 14.0. The second-order valence-corrected chi connectivity index (χ2v) is 6.07. The first-order chi connectivity index (χ1) is 8.85. The first-order valence-electron chi connectivity index (χ1n) is 6.70. The molecule has 2 N–H and O–H groups in total. The number of rotatable bonds is 1. The summed E-state index contributed by atoms with van der Waals surface area (Å²) in [7, 11) is 0. The van der Waals surface area contributed by atoms with Crippen LogP contribution in [-0.4, -0.2) is 17.7 Å². The van der Waals surface area contributed by atoms with Gasteiger partial charge in [-0.05, 0) is 45.7 Å². The fraction of sp³-hybridized carbons (Fsp3) is 0.533. The molecule has 1 aromatic rings. The molecule has 1 amide bonds. The van der Waals surface area contributed by atoms with Crippen LogP contribution in [0.3, 0.4) is 0 Å². The van der Waals surface area contributed by atoms with Gasteiger partial charge < -0.3 is 15.4 Å². The number of carbonyl (C=O) groups is 1. The number of anilines is 1. The molecule has 0 radical (unpaired) electrons. The molecule has 2 unspecified atom stereocenters. The highest BCUT2D eigenvalue weighted by Crippen LogP contribution is 2.32. The van der Waals surface area contributed by atoms with E-state index in [1.807, 2.05) is 45.0 Å². The van der Waals surface area contributed by atoms with E-state index < -0.39 is 5.60 Å². The quantitative estimate of drug-likeness (QED) is 0.815. The maximum Gasteiger partial charge on any atom is 0.408 e. The minimum Gasteiger partial charge on any atom is -0.444 e. The molecule has 0 saturated carbocycles. The monoisotopic (exact) mass is 262 g/mol. The summed E-state index contributed by atoms with van der Waals surface area (Å²) in [5.74, 6) is 0. The molecular weight excluding hydrogens is 240 g/mol. The second-order valence-electron chi connectivity index (χ2n) is 6.07. The van der Waals surface area contributed by atoms with Gasteiger partial charge in [0.2, 0.25) is 0 Å². The predicted octanol–water partition coefficient (Wildman–Crippen LogP) is 3.46. The van der Waals surface area contributed by atoms with Crippen LogP contribution in [0.5, 0.6) is 0 Å². The van der Waals surface area contributed by atoms with Crippen molar-refractivity contribution in [2.24, 2.45) is 0 Å². The number of hydrogen-bond acceptors (Lipinski definition) is 3. The Morgan fingerprint density at radius 3 is 2.74 bits per heavy atom. The van der Waals surface area contributed by atoms with E-state index in [2.05, 4.69) is 17.6 Å². The number of benzene rings is 1. The van der Waals surface area contributed by atoms with Crippen molar-refractivity contribution in [1.82, 2.24) is 5.32 Å². The van der Waals surface area contributed by atoms with E-state index in [0.717, 1.165) is 17.7 Å². The van der Waals surface area contributed by atoms with Crippen LogP contribution >= 0.6 is 0 Å². The van der Waals surface area contributed by atoms with Crippen LogP contribution in [0.1, 0.15) is 45.7 Å². The summed E-state index contributed by atoms with van der Waals surface area (Å²) in [4.78, 5) is 11.9. The molecule has 1 heterocycles. The Morgan fingerprint density at radius 1 is 1.37 bits per heavy atom. The van der Waals surface area contributed by atoms with Gasteiger partial charge in [-0.1, -0.05) is 18.2 Å². The normalized spacial score (nSPS) is 22.1. The molecule has 2 atom stereocenters. The number of ether oxygens (including phenoxy) is 1. The van der Waals surface area contributed by atoms with E-state index in [1.54, 1.807) is 0 Å². The lowest BCUT2D eigenvalue weighted by molar-refractivity contribution is 0.0499. The third kappa shape index (κ3) is 3.63. The zero-order valence-electron chi connectivity index (χ0n) is 12.0. The molecule has 0 aromatic heterocycles. The number of carbonyl (C=O) groups excluding carboxylic acids is 1. The highest BCUT2D eigenvalue weighted by atomic mass is 16.6. The van der Waals surface area contributed by atoms with Crippen molar-refractivity contribution in [2.75, 3.05) is 5.32 Å². The van der Waals surface area contributed by atoms with E-state index >= 15 is 0 Å².